The number of nitrogens with zero attached hydrogens (tertiary/aromatic N) is 1. The molecule has 0 radical (unpaired) electrons. The third-order valence-corrected chi connectivity index (χ3v) is 4.17. The number of nitrogens with one attached hydrogen (secondary N) is 1. The standard InChI is InChI=1S/C26H38N2O7/c1-9-20(33-18-19-13-11-10-12-14-19)15-16-27-17-21(22(29)32-8)28(23(30)34-25(2,3)4)24(31)35-26(5,6)7/h9-16,21,27H,17-18H2,1-8H3/b16-15-,20-9+. The van der Waals surface area contributed by atoms with Crippen molar-refractivity contribution in [3.8, 4) is 0 Å². The van der Waals surface area contributed by atoms with Crippen molar-refractivity contribution < 1.29 is 33.3 Å². The summed E-state index contributed by atoms with van der Waals surface area (Å²) >= 11 is 0. The van der Waals surface area contributed by atoms with Crippen LogP contribution < -0.4 is 5.32 Å². The number of ether oxygens (including phenoxy) is 4. The highest BCUT2D eigenvalue weighted by molar-refractivity contribution is 5.94. The summed E-state index contributed by atoms with van der Waals surface area (Å²) in [5.41, 5.74) is -0.783. The first-order valence-corrected chi connectivity index (χ1v) is 11.3. The Morgan fingerprint density at radius 3 is 1.97 bits per heavy atom. The van der Waals surface area contributed by atoms with Gasteiger partial charge in [0.05, 0.1) is 7.11 Å². The number of carbonyl (C=O) groups is 3. The van der Waals surface area contributed by atoms with Gasteiger partial charge >= 0.3 is 18.2 Å². The number of carbonyl (C=O) groups excluding carboxylic acids is 3. The Hall–Kier alpha value is -3.49. The number of amides is 2. The topological polar surface area (TPSA) is 103 Å². The van der Waals surface area contributed by atoms with E-state index in [0.717, 1.165) is 5.56 Å². The molecular weight excluding hydrogens is 452 g/mol. The van der Waals surface area contributed by atoms with Crippen LogP contribution >= 0.6 is 0 Å². The van der Waals surface area contributed by atoms with Crippen LogP contribution in [0.5, 0.6) is 0 Å². The van der Waals surface area contributed by atoms with Gasteiger partial charge in [0.2, 0.25) is 0 Å². The number of hydrogen-bond donors (Lipinski definition) is 1. The lowest BCUT2D eigenvalue weighted by Crippen LogP contribution is -2.55. The Labute approximate surface area is 208 Å². The van der Waals surface area contributed by atoms with Crippen LogP contribution in [0.1, 0.15) is 54.0 Å². The van der Waals surface area contributed by atoms with Crippen LogP contribution in [0, 0.1) is 0 Å². The zero-order chi connectivity index (χ0) is 26.6. The number of hydrogen-bond acceptors (Lipinski definition) is 8. The van der Waals surface area contributed by atoms with Gasteiger partial charge in [-0.15, -0.1) is 0 Å². The van der Waals surface area contributed by atoms with E-state index in [-0.39, 0.29) is 6.54 Å². The maximum atomic E-state index is 12.9. The van der Waals surface area contributed by atoms with Crippen LogP contribution in [0.15, 0.2) is 54.4 Å². The summed E-state index contributed by atoms with van der Waals surface area (Å²) in [5.74, 6) is -0.221. The summed E-state index contributed by atoms with van der Waals surface area (Å²) in [6, 6.07) is 8.36. The third kappa shape index (κ3) is 11.5. The van der Waals surface area contributed by atoms with E-state index in [4.69, 9.17) is 18.9 Å². The first-order valence-electron chi connectivity index (χ1n) is 11.3. The fourth-order valence-corrected chi connectivity index (χ4v) is 2.66. The minimum atomic E-state index is -1.34. The zero-order valence-corrected chi connectivity index (χ0v) is 21.9. The minimum absolute atomic E-state index is 0.142. The molecule has 0 bridgehead atoms. The predicted octanol–water partition coefficient (Wildman–Crippen LogP) is 4.92. The average Bonchev–Trinajstić information content (AvgIpc) is 2.75. The van der Waals surface area contributed by atoms with Gasteiger partial charge in [0.15, 0.2) is 6.04 Å². The van der Waals surface area contributed by atoms with Crippen LogP contribution in [-0.4, -0.2) is 54.0 Å². The van der Waals surface area contributed by atoms with Crippen LogP contribution in [-0.2, 0) is 30.3 Å². The fourth-order valence-electron chi connectivity index (χ4n) is 2.66. The van der Waals surface area contributed by atoms with Crippen LogP contribution in [0.4, 0.5) is 9.59 Å². The number of allylic oxidation sites excluding steroid dienone is 2. The number of imide groups is 1. The number of esters is 1. The molecule has 1 rings (SSSR count). The molecule has 1 unspecified atom stereocenters. The lowest BCUT2D eigenvalue weighted by Gasteiger charge is -2.32. The van der Waals surface area contributed by atoms with Gasteiger partial charge in [-0.25, -0.2) is 14.4 Å². The van der Waals surface area contributed by atoms with E-state index >= 15 is 0 Å². The maximum Gasteiger partial charge on any atom is 0.420 e. The Morgan fingerprint density at radius 2 is 1.51 bits per heavy atom. The summed E-state index contributed by atoms with van der Waals surface area (Å²) in [5, 5.41) is 2.92. The first-order chi connectivity index (χ1) is 16.3. The van der Waals surface area contributed by atoms with Crippen molar-refractivity contribution in [2.24, 2.45) is 0 Å². The molecule has 194 valence electrons. The first kappa shape index (κ1) is 29.5. The summed E-state index contributed by atoms with van der Waals surface area (Å²) in [6.07, 6.45) is 2.97. The van der Waals surface area contributed by atoms with Crippen LogP contribution in [0.25, 0.3) is 0 Å². The quantitative estimate of drug-likeness (QED) is 0.225. The average molecular weight is 491 g/mol. The van der Waals surface area contributed by atoms with Gasteiger partial charge in [0.25, 0.3) is 0 Å². The highest BCUT2D eigenvalue weighted by atomic mass is 16.6. The van der Waals surface area contributed by atoms with E-state index in [0.29, 0.717) is 17.3 Å². The second kappa shape index (κ2) is 13.4. The second-order valence-electron chi connectivity index (χ2n) is 9.58. The van der Waals surface area contributed by atoms with Crippen LogP contribution in [0.3, 0.4) is 0 Å². The summed E-state index contributed by atoms with van der Waals surface area (Å²) in [4.78, 5) is 38.9. The van der Waals surface area contributed by atoms with Gasteiger partial charge in [-0.3, -0.25) is 0 Å². The van der Waals surface area contributed by atoms with E-state index in [2.05, 4.69) is 5.32 Å². The lowest BCUT2D eigenvalue weighted by molar-refractivity contribution is -0.146. The molecule has 0 aliphatic heterocycles. The van der Waals surface area contributed by atoms with Gasteiger partial charge in [0, 0.05) is 12.7 Å². The Bertz CT molecular complexity index is 869. The van der Waals surface area contributed by atoms with Gasteiger partial charge < -0.3 is 24.3 Å². The van der Waals surface area contributed by atoms with E-state index in [1.165, 1.54) is 7.11 Å². The zero-order valence-electron chi connectivity index (χ0n) is 21.9. The Kier molecular flexibility index (Phi) is 11.3. The molecule has 9 heteroatoms. The lowest BCUT2D eigenvalue weighted by atomic mass is 10.2. The van der Waals surface area contributed by atoms with E-state index in [1.54, 1.807) is 59.9 Å². The second-order valence-corrected chi connectivity index (χ2v) is 9.58. The monoisotopic (exact) mass is 490 g/mol. The molecule has 2 amide bonds. The van der Waals surface area contributed by atoms with Crippen molar-refractivity contribution in [2.45, 2.75) is 72.3 Å². The van der Waals surface area contributed by atoms with Crippen molar-refractivity contribution in [3.63, 3.8) is 0 Å². The molecule has 0 aliphatic rings. The maximum absolute atomic E-state index is 12.9. The Balaban J connectivity index is 2.99. The molecule has 1 N–H and O–H groups in total. The summed E-state index contributed by atoms with van der Waals surface area (Å²) in [6.45, 7) is 12.0. The number of rotatable bonds is 9. The Morgan fingerprint density at radius 1 is 0.971 bits per heavy atom. The molecule has 1 aromatic rings. The van der Waals surface area contributed by atoms with Gasteiger partial charge in [0.1, 0.15) is 23.6 Å². The number of benzene rings is 1. The third-order valence-electron chi connectivity index (χ3n) is 4.17. The van der Waals surface area contributed by atoms with Crippen molar-refractivity contribution in [2.75, 3.05) is 13.7 Å². The SMILES string of the molecule is C/C=C(\C=C/NCC(C(=O)OC)N(C(=O)OC(C)(C)C)C(=O)OC(C)(C)C)OCc1ccccc1. The molecule has 1 aromatic carbocycles. The largest absolute Gasteiger partial charge is 0.489 e. The van der Waals surface area contributed by atoms with Gasteiger partial charge in [-0.2, -0.15) is 4.90 Å². The fraction of sp³-hybridized carbons (Fsp3) is 0.500. The molecule has 0 aromatic heterocycles. The van der Waals surface area contributed by atoms with Crippen molar-refractivity contribution in [3.05, 3.63) is 60.0 Å². The highest BCUT2D eigenvalue weighted by Gasteiger charge is 2.40. The summed E-state index contributed by atoms with van der Waals surface area (Å²) < 4.78 is 21.3. The molecule has 0 saturated heterocycles. The minimum Gasteiger partial charge on any atom is -0.489 e. The molecule has 0 aliphatic carbocycles. The van der Waals surface area contributed by atoms with E-state index < -0.39 is 35.4 Å². The van der Waals surface area contributed by atoms with E-state index in [1.807, 2.05) is 37.3 Å². The molecule has 9 nitrogen and oxygen atoms in total. The normalized spacial score (nSPS) is 13.1. The highest BCUT2D eigenvalue weighted by Crippen LogP contribution is 2.17. The van der Waals surface area contributed by atoms with Crippen molar-refractivity contribution in [1.82, 2.24) is 10.2 Å². The van der Waals surface area contributed by atoms with Gasteiger partial charge in [-0.05, 0) is 66.2 Å². The molecule has 35 heavy (non-hydrogen) atoms. The predicted molar refractivity (Wildman–Crippen MR) is 132 cm³/mol. The summed E-state index contributed by atoms with van der Waals surface area (Å²) in [7, 11) is 1.17. The van der Waals surface area contributed by atoms with Crippen molar-refractivity contribution >= 4 is 18.2 Å². The molecule has 1 atom stereocenters. The molecule has 0 fully saturated rings. The molecular formula is C26H38N2O7. The van der Waals surface area contributed by atoms with Crippen molar-refractivity contribution in [1.29, 1.82) is 0 Å². The van der Waals surface area contributed by atoms with E-state index in [9.17, 15) is 14.4 Å². The molecule has 0 spiro atoms. The molecule has 0 heterocycles. The smallest absolute Gasteiger partial charge is 0.420 e. The number of methoxy groups -OCH3 is 1. The molecule has 0 saturated carbocycles. The van der Waals surface area contributed by atoms with Crippen LogP contribution in [0.2, 0.25) is 0 Å². The van der Waals surface area contributed by atoms with Gasteiger partial charge in [-0.1, -0.05) is 30.3 Å².